The SMILES string of the molecule is N#Cc1ccc(-n2cnc(C=CCCc3ccc(F)cc3)c2)cc1. The standard InChI is InChI=1S/C20H16FN3/c21-18-9-5-16(6-10-18)3-1-2-4-19-14-24(15-23-19)20-11-7-17(13-22)8-12-20/h2,4-12,14-15H,1,3H2. The predicted octanol–water partition coefficient (Wildman–Crippen LogP) is 4.53. The molecule has 0 aliphatic rings. The van der Waals surface area contributed by atoms with Crippen LogP contribution in [0.25, 0.3) is 11.8 Å². The highest BCUT2D eigenvalue weighted by Gasteiger charge is 1.99. The fraction of sp³-hybridized carbons (Fsp3) is 0.100. The van der Waals surface area contributed by atoms with Gasteiger partial charge in [-0.25, -0.2) is 9.37 Å². The highest BCUT2D eigenvalue weighted by Crippen LogP contribution is 2.12. The van der Waals surface area contributed by atoms with Crippen LogP contribution in [0.4, 0.5) is 4.39 Å². The molecule has 1 aromatic heterocycles. The van der Waals surface area contributed by atoms with Crippen LogP contribution >= 0.6 is 0 Å². The van der Waals surface area contributed by atoms with Crippen molar-refractivity contribution in [3.8, 4) is 11.8 Å². The van der Waals surface area contributed by atoms with Crippen LogP contribution in [-0.2, 0) is 6.42 Å². The molecule has 0 spiro atoms. The molecule has 1 heterocycles. The molecule has 24 heavy (non-hydrogen) atoms. The number of aryl methyl sites for hydroxylation is 1. The molecule has 4 heteroatoms. The van der Waals surface area contributed by atoms with E-state index in [9.17, 15) is 4.39 Å². The highest BCUT2D eigenvalue weighted by atomic mass is 19.1. The molecule has 0 fully saturated rings. The quantitative estimate of drug-likeness (QED) is 0.694. The molecule has 0 aliphatic heterocycles. The zero-order valence-corrected chi connectivity index (χ0v) is 13.1. The second-order valence-electron chi connectivity index (χ2n) is 5.43. The number of imidazole rings is 1. The van der Waals surface area contributed by atoms with Gasteiger partial charge in [0.15, 0.2) is 0 Å². The monoisotopic (exact) mass is 317 g/mol. The van der Waals surface area contributed by atoms with Crippen molar-refractivity contribution >= 4 is 6.08 Å². The number of aromatic nitrogens is 2. The Morgan fingerprint density at radius 2 is 1.83 bits per heavy atom. The van der Waals surface area contributed by atoms with E-state index in [0.717, 1.165) is 29.8 Å². The largest absolute Gasteiger partial charge is 0.306 e. The number of nitrogens with zero attached hydrogens (tertiary/aromatic N) is 3. The van der Waals surface area contributed by atoms with E-state index in [1.54, 1.807) is 18.5 Å². The lowest BCUT2D eigenvalue weighted by atomic mass is 10.1. The first-order chi connectivity index (χ1) is 11.7. The zero-order valence-electron chi connectivity index (χ0n) is 13.1. The topological polar surface area (TPSA) is 41.6 Å². The molecule has 118 valence electrons. The van der Waals surface area contributed by atoms with Crippen molar-refractivity contribution in [1.82, 2.24) is 9.55 Å². The maximum Gasteiger partial charge on any atom is 0.123 e. The van der Waals surface area contributed by atoms with Gasteiger partial charge in [0, 0.05) is 11.9 Å². The number of benzene rings is 2. The van der Waals surface area contributed by atoms with E-state index in [2.05, 4.69) is 17.1 Å². The lowest BCUT2D eigenvalue weighted by Gasteiger charge is -2.00. The lowest BCUT2D eigenvalue weighted by Crippen LogP contribution is -1.89. The smallest absolute Gasteiger partial charge is 0.123 e. The number of halogens is 1. The van der Waals surface area contributed by atoms with Gasteiger partial charge >= 0.3 is 0 Å². The van der Waals surface area contributed by atoms with Crippen LogP contribution in [0.15, 0.2) is 67.1 Å². The summed E-state index contributed by atoms with van der Waals surface area (Å²) in [6.45, 7) is 0. The van der Waals surface area contributed by atoms with Crippen LogP contribution < -0.4 is 0 Å². The fourth-order valence-electron chi connectivity index (χ4n) is 2.38. The Morgan fingerprint density at radius 1 is 1.08 bits per heavy atom. The van der Waals surface area contributed by atoms with Crippen molar-refractivity contribution in [3.63, 3.8) is 0 Å². The van der Waals surface area contributed by atoms with Crippen LogP contribution in [0, 0.1) is 17.1 Å². The van der Waals surface area contributed by atoms with E-state index in [-0.39, 0.29) is 5.82 Å². The van der Waals surface area contributed by atoms with Gasteiger partial charge < -0.3 is 4.57 Å². The van der Waals surface area contributed by atoms with Gasteiger partial charge in [-0.15, -0.1) is 0 Å². The van der Waals surface area contributed by atoms with Crippen molar-refractivity contribution in [2.45, 2.75) is 12.8 Å². The third-order valence-corrected chi connectivity index (χ3v) is 3.70. The maximum absolute atomic E-state index is 12.8. The van der Waals surface area contributed by atoms with Crippen molar-refractivity contribution in [2.75, 3.05) is 0 Å². The Balaban J connectivity index is 1.59. The molecule has 2 aromatic carbocycles. The molecule has 0 saturated heterocycles. The Kier molecular flexibility index (Phi) is 4.83. The molecule has 0 aliphatic carbocycles. The summed E-state index contributed by atoms with van der Waals surface area (Å²) in [6.07, 6.45) is 9.47. The van der Waals surface area contributed by atoms with Crippen LogP contribution in [0.1, 0.15) is 23.2 Å². The van der Waals surface area contributed by atoms with Gasteiger partial charge in [-0.3, -0.25) is 0 Å². The number of hydrogen-bond donors (Lipinski definition) is 0. The molecule has 0 bridgehead atoms. The van der Waals surface area contributed by atoms with Gasteiger partial charge in [0.05, 0.1) is 23.7 Å². The van der Waals surface area contributed by atoms with E-state index in [1.165, 1.54) is 12.1 Å². The first-order valence-corrected chi connectivity index (χ1v) is 7.70. The average molecular weight is 317 g/mol. The van der Waals surface area contributed by atoms with Crippen molar-refractivity contribution in [3.05, 3.63) is 89.8 Å². The van der Waals surface area contributed by atoms with E-state index in [0.29, 0.717) is 5.56 Å². The van der Waals surface area contributed by atoms with Crippen LogP contribution in [0.2, 0.25) is 0 Å². The molecular weight excluding hydrogens is 301 g/mol. The second-order valence-corrected chi connectivity index (χ2v) is 5.43. The molecule has 0 N–H and O–H groups in total. The fourth-order valence-corrected chi connectivity index (χ4v) is 2.38. The molecular formula is C20H16FN3. The third kappa shape index (κ3) is 3.96. The van der Waals surface area contributed by atoms with Gasteiger partial charge in [-0.2, -0.15) is 5.26 Å². The van der Waals surface area contributed by atoms with Gasteiger partial charge in [0.2, 0.25) is 0 Å². The highest BCUT2D eigenvalue weighted by molar-refractivity contribution is 5.46. The minimum Gasteiger partial charge on any atom is -0.306 e. The summed E-state index contributed by atoms with van der Waals surface area (Å²) in [7, 11) is 0. The van der Waals surface area contributed by atoms with Gasteiger partial charge in [0.25, 0.3) is 0 Å². The summed E-state index contributed by atoms with van der Waals surface area (Å²) in [5, 5.41) is 8.82. The molecule has 0 saturated carbocycles. The van der Waals surface area contributed by atoms with Crippen molar-refractivity contribution in [1.29, 1.82) is 5.26 Å². The number of hydrogen-bond acceptors (Lipinski definition) is 2. The Morgan fingerprint density at radius 3 is 2.54 bits per heavy atom. The van der Waals surface area contributed by atoms with E-state index in [1.807, 2.05) is 41.1 Å². The average Bonchev–Trinajstić information content (AvgIpc) is 3.09. The normalized spacial score (nSPS) is 10.8. The van der Waals surface area contributed by atoms with Crippen LogP contribution in [-0.4, -0.2) is 9.55 Å². The molecule has 3 aromatic rings. The van der Waals surface area contributed by atoms with Crippen LogP contribution in [0.5, 0.6) is 0 Å². The predicted molar refractivity (Wildman–Crippen MR) is 92.0 cm³/mol. The summed E-state index contributed by atoms with van der Waals surface area (Å²) in [6, 6.07) is 16.0. The Labute approximate surface area is 140 Å². The first kappa shape index (κ1) is 15.7. The summed E-state index contributed by atoms with van der Waals surface area (Å²) in [4.78, 5) is 4.35. The summed E-state index contributed by atoms with van der Waals surface area (Å²) in [5.41, 5.74) is 3.59. The van der Waals surface area contributed by atoms with E-state index in [4.69, 9.17) is 5.26 Å². The Bertz CT molecular complexity index is 868. The molecule has 0 atom stereocenters. The first-order valence-electron chi connectivity index (χ1n) is 7.70. The van der Waals surface area contributed by atoms with Crippen LogP contribution in [0.3, 0.4) is 0 Å². The van der Waals surface area contributed by atoms with Gasteiger partial charge in [-0.1, -0.05) is 18.2 Å². The molecule has 3 rings (SSSR count). The van der Waals surface area contributed by atoms with Crippen molar-refractivity contribution in [2.24, 2.45) is 0 Å². The molecule has 0 unspecified atom stereocenters. The summed E-state index contributed by atoms with van der Waals surface area (Å²) >= 11 is 0. The third-order valence-electron chi connectivity index (χ3n) is 3.70. The van der Waals surface area contributed by atoms with E-state index >= 15 is 0 Å². The van der Waals surface area contributed by atoms with E-state index < -0.39 is 0 Å². The summed E-state index contributed by atoms with van der Waals surface area (Å²) in [5.74, 6) is -0.206. The van der Waals surface area contributed by atoms with Gasteiger partial charge in [0.1, 0.15) is 5.82 Å². The second kappa shape index (κ2) is 7.38. The molecule has 3 nitrogen and oxygen atoms in total. The number of rotatable bonds is 5. The maximum atomic E-state index is 12.8. The lowest BCUT2D eigenvalue weighted by molar-refractivity contribution is 0.627. The number of allylic oxidation sites excluding steroid dienone is 1. The minimum atomic E-state index is -0.206. The Hall–Kier alpha value is -3.19. The van der Waals surface area contributed by atoms with Gasteiger partial charge in [-0.05, 0) is 60.9 Å². The number of nitriles is 1. The zero-order chi connectivity index (χ0) is 16.8. The summed E-state index contributed by atoms with van der Waals surface area (Å²) < 4.78 is 14.8. The van der Waals surface area contributed by atoms with Crippen molar-refractivity contribution < 1.29 is 4.39 Å². The minimum absolute atomic E-state index is 0.206. The molecule has 0 radical (unpaired) electrons. The molecule has 0 amide bonds.